The molecule has 1 aliphatic rings. The molecular weight excluding hydrogens is 346 g/mol. The van der Waals surface area contributed by atoms with E-state index in [1.54, 1.807) is 11.3 Å². The highest BCUT2D eigenvalue weighted by atomic mass is 79.9. The number of carbonyl (C=O) groups is 1. The summed E-state index contributed by atoms with van der Waals surface area (Å²) in [7, 11) is 0. The number of carbonyl (C=O) groups excluding carboxylic acids is 1. The number of benzene rings is 1. The van der Waals surface area contributed by atoms with Gasteiger partial charge in [0, 0.05) is 27.3 Å². The van der Waals surface area contributed by atoms with E-state index in [1.807, 2.05) is 23.6 Å². The number of nitrogens with one attached hydrogen (secondary N) is 1. The van der Waals surface area contributed by atoms with Gasteiger partial charge in [0.15, 0.2) is 0 Å². The predicted molar refractivity (Wildman–Crippen MR) is 93.4 cm³/mol. The lowest BCUT2D eigenvalue weighted by Gasteiger charge is -2.30. The number of rotatable bonds is 4. The van der Waals surface area contributed by atoms with Crippen molar-refractivity contribution >= 4 is 43.3 Å². The molecule has 1 fully saturated rings. The normalized spacial score (nSPS) is 22.3. The maximum absolute atomic E-state index is 12.4. The largest absolute Gasteiger partial charge is 0.352 e. The van der Waals surface area contributed by atoms with Gasteiger partial charge in [-0.05, 0) is 30.7 Å². The van der Waals surface area contributed by atoms with Crippen LogP contribution in [-0.4, -0.2) is 17.8 Å². The fourth-order valence-corrected chi connectivity index (χ4v) is 5.02. The molecular formula is C17H20BrNOS. The Morgan fingerprint density at radius 2 is 2.00 bits per heavy atom. The fraction of sp³-hybridized carbons (Fsp3) is 0.471. The number of hydrogen-bond acceptors (Lipinski definition) is 2. The zero-order valence-electron chi connectivity index (χ0n) is 12.0. The minimum atomic E-state index is 0.0753. The second-order valence-corrected chi connectivity index (χ2v) is 7.37. The van der Waals surface area contributed by atoms with Crippen LogP contribution >= 0.6 is 27.3 Å². The third-order valence-electron chi connectivity index (χ3n) is 4.52. The highest BCUT2D eigenvalue weighted by Crippen LogP contribution is 2.31. The van der Waals surface area contributed by atoms with Gasteiger partial charge < -0.3 is 5.32 Å². The van der Waals surface area contributed by atoms with E-state index in [-0.39, 0.29) is 5.91 Å². The highest BCUT2D eigenvalue weighted by Gasteiger charge is 2.24. The second-order valence-electron chi connectivity index (χ2n) is 5.81. The van der Waals surface area contributed by atoms with E-state index in [0.717, 1.165) is 22.8 Å². The molecule has 0 saturated heterocycles. The molecule has 21 heavy (non-hydrogen) atoms. The van der Waals surface area contributed by atoms with Gasteiger partial charge in [0.25, 0.3) is 5.91 Å². The van der Waals surface area contributed by atoms with Gasteiger partial charge in [-0.25, -0.2) is 0 Å². The average Bonchev–Trinajstić information content (AvgIpc) is 2.97. The Morgan fingerprint density at radius 1 is 1.24 bits per heavy atom. The van der Waals surface area contributed by atoms with Gasteiger partial charge in [0.05, 0.1) is 5.56 Å². The van der Waals surface area contributed by atoms with Crippen molar-refractivity contribution in [3.63, 3.8) is 0 Å². The van der Waals surface area contributed by atoms with Crippen LogP contribution in [0.2, 0.25) is 0 Å². The Bertz CT molecular complexity index is 624. The quantitative estimate of drug-likeness (QED) is 0.772. The minimum Gasteiger partial charge on any atom is -0.352 e. The maximum atomic E-state index is 12.4. The van der Waals surface area contributed by atoms with Crippen molar-refractivity contribution in [1.29, 1.82) is 0 Å². The zero-order chi connectivity index (χ0) is 14.7. The lowest BCUT2D eigenvalue weighted by molar-refractivity contribution is 0.0939. The lowest BCUT2D eigenvalue weighted by Crippen LogP contribution is -2.34. The van der Waals surface area contributed by atoms with Crippen LogP contribution in [0, 0.1) is 11.8 Å². The molecule has 1 aromatic heterocycles. The van der Waals surface area contributed by atoms with Crippen molar-refractivity contribution in [2.24, 2.45) is 11.8 Å². The Morgan fingerprint density at radius 3 is 2.81 bits per heavy atom. The monoisotopic (exact) mass is 365 g/mol. The van der Waals surface area contributed by atoms with Crippen molar-refractivity contribution in [3.05, 3.63) is 35.2 Å². The molecule has 1 aromatic carbocycles. The third-order valence-corrected chi connectivity index (χ3v) is 6.31. The van der Waals surface area contributed by atoms with E-state index >= 15 is 0 Å². The Balaban J connectivity index is 1.66. The lowest BCUT2D eigenvalue weighted by atomic mass is 9.80. The fourth-order valence-electron chi connectivity index (χ4n) is 3.23. The Hall–Kier alpha value is -0.870. The summed E-state index contributed by atoms with van der Waals surface area (Å²) in [6.07, 6.45) is 5.15. The van der Waals surface area contributed by atoms with Gasteiger partial charge in [-0.3, -0.25) is 4.79 Å². The summed E-state index contributed by atoms with van der Waals surface area (Å²) in [5.74, 6) is 1.40. The summed E-state index contributed by atoms with van der Waals surface area (Å²) in [6.45, 7) is 0.805. The Labute approximate surface area is 138 Å². The maximum Gasteiger partial charge on any atom is 0.252 e. The van der Waals surface area contributed by atoms with Gasteiger partial charge in [-0.2, -0.15) is 0 Å². The van der Waals surface area contributed by atoms with E-state index in [0.29, 0.717) is 11.8 Å². The molecule has 0 spiro atoms. The summed E-state index contributed by atoms with van der Waals surface area (Å²) >= 11 is 5.26. The number of halogens is 1. The molecule has 2 nitrogen and oxygen atoms in total. The summed E-state index contributed by atoms with van der Waals surface area (Å²) in [6, 6.07) is 8.11. The van der Waals surface area contributed by atoms with Gasteiger partial charge in [-0.1, -0.05) is 47.0 Å². The molecule has 1 saturated carbocycles. The SMILES string of the molecule is O=C(NCC1CCCCC1CBr)c1csc2ccccc12. The zero-order valence-corrected chi connectivity index (χ0v) is 14.4. The summed E-state index contributed by atoms with van der Waals surface area (Å²) in [4.78, 5) is 12.4. The molecule has 0 radical (unpaired) electrons. The molecule has 0 aliphatic heterocycles. The molecule has 2 aromatic rings. The molecule has 2 unspecified atom stereocenters. The van der Waals surface area contributed by atoms with Gasteiger partial charge >= 0.3 is 0 Å². The van der Waals surface area contributed by atoms with Crippen molar-refractivity contribution in [2.45, 2.75) is 25.7 Å². The van der Waals surface area contributed by atoms with Crippen LogP contribution in [0.3, 0.4) is 0 Å². The first-order valence-corrected chi connectivity index (χ1v) is 9.60. The minimum absolute atomic E-state index is 0.0753. The smallest absolute Gasteiger partial charge is 0.252 e. The number of thiophene rings is 1. The molecule has 2 atom stereocenters. The van der Waals surface area contributed by atoms with E-state index in [2.05, 4.69) is 27.3 Å². The van der Waals surface area contributed by atoms with Gasteiger partial charge in [0.1, 0.15) is 0 Å². The summed E-state index contributed by atoms with van der Waals surface area (Å²) in [5.41, 5.74) is 0.821. The topological polar surface area (TPSA) is 29.1 Å². The molecule has 1 amide bonds. The van der Waals surface area contributed by atoms with Crippen molar-refractivity contribution in [3.8, 4) is 0 Å². The van der Waals surface area contributed by atoms with E-state index in [9.17, 15) is 4.79 Å². The van der Waals surface area contributed by atoms with Crippen molar-refractivity contribution < 1.29 is 4.79 Å². The van der Waals surface area contributed by atoms with Gasteiger partial charge in [-0.15, -0.1) is 11.3 Å². The summed E-state index contributed by atoms with van der Waals surface area (Å²) < 4.78 is 1.18. The van der Waals surface area contributed by atoms with E-state index < -0.39 is 0 Å². The summed E-state index contributed by atoms with van der Waals surface area (Å²) in [5, 5.41) is 7.25. The van der Waals surface area contributed by atoms with Crippen LogP contribution in [-0.2, 0) is 0 Å². The third kappa shape index (κ3) is 3.32. The van der Waals surface area contributed by atoms with Crippen LogP contribution in [0.1, 0.15) is 36.0 Å². The first kappa shape index (κ1) is 15.0. The van der Waals surface area contributed by atoms with Crippen molar-refractivity contribution in [2.75, 3.05) is 11.9 Å². The molecule has 1 heterocycles. The van der Waals surface area contributed by atoms with Crippen LogP contribution < -0.4 is 5.32 Å². The molecule has 3 rings (SSSR count). The first-order valence-electron chi connectivity index (χ1n) is 7.60. The molecule has 0 bridgehead atoms. The van der Waals surface area contributed by atoms with Crippen LogP contribution in [0.5, 0.6) is 0 Å². The van der Waals surface area contributed by atoms with Gasteiger partial charge in [0.2, 0.25) is 0 Å². The standard InChI is InChI=1S/C17H20BrNOS/c18-9-12-5-1-2-6-13(12)10-19-17(20)15-11-21-16-8-4-3-7-14(15)16/h3-4,7-8,11-13H,1-2,5-6,9-10H2,(H,19,20). The first-order chi connectivity index (χ1) is 10.3. The molecule has 112 valence electrons. The second kappa shape index (κ2) is 6.93. The number of alkyl halides is 1. The van der Waals surface area contributed by atoms with E-state index in [1.165, 1.54) is 30.4 Å². The average molecular weight is 366 g/mol. The van der Waals surface area contributed by atoms with Crippen LogP contribution in [0.25, 0.3) is 10.1 Å². The van der Waals surface area contributed by atoms with Crippen LogP contribution in [0.4, 0.5) is 0 Å². The van der Waals surface area contributed by atoms with E-state index in [4.69, 9.17) is 0 Å². The molecule has 4 heteroatoms. The molecule has 1 N–H and O–H groups in total. The van der Waals surface area contributed by atoms with Crippen molar-refractivity contribution in [1.82, 2.24) is 5.32 Å². The number of hydrogen-bond donors (Lipinski definition) is 1. The highest BCUT2D eigenvalue weighted by molar-refractivity contribution is 9.09. The molecule has 1 aliphatic carbocycles. The number of fused-ring (bicyclic) bond motifs is 1. The number of amides is 1. The predicted octanol–water partition coefficient (Wildman–Crippen LogP) is 4.83. The Kier molecular flexibility index (Phi) is 4.96. The van der Waals surface area contributed by atoms with Crippen LogP contribution in [0.15, 0.2) is 29.6 Å².